The van der Waals surface area contributed by atoms with Gasteiger partial charge in [0.25, 0.3) is 0 Å². The number of nitrogens with zero attached hydrogens (tertiary/aromatic N) is 5. The van der Waals surface area contributed by atoms with Crippen molar-refractivity contribution in [3.8, 4) is 17.1 Å². The Morgan fingerprint density at radius 3 is 2.50 bits per heavy atom. The Morgan fingerprint density at radius 2 is 1.88 bits per heavy atom. The first kappa shape index (κ1) is 16.1. The van der Waals surface area contributed by atoms with Crippen molar-refractivity contribution in [2.75, 3.05) is 0 Å². The molecule has 26 heavy (non-hydrogen) atoms. The van der Waals surface area contributed by atoms with E-state index in [9.17, 15) is 13.2 Å². The summed E-state index contributed by atoms with van der Waals surface area (Å²) in [5.41, 5.74) is 0.679. The minimum atomic E-state index is -4.54. The summed E-state index contributed by atoms with van der Waals surface area (Å²) in [4.78, 5) is 3.87. The van der Waals surface area contributed by atoms with Gasteiger partial charge in [0.2, 0.25) is 0 Å². The molecule has 3 heterocycles. The molecule has 0 bridgehead atoms. The van der Waals surface area contributed by atoms with Gasteiger partial charge in [-0.2, -0.15) is 23.4 Å². The number of hydrogen-bond donors (Lipinski definition) is 0. The molecule has 0 saturated carbocycles. The van der Waals surface area contributed by atoms with Gasteiger partial charge in [0.15, 0.2) is 11.5 Å². The van der Waals surface area contributed by atoms with E-state index in [-0.39, 0.29) is 5.69 Å². The smallest absolute Gasteiger partial charge is 0.435 e. The first-order chi connectivity index (χ1) is 12.5. The maximum atomic E-state index is 13.1. The quantitative estimate of drug-likeness (QED) is 0.556. The van der Waals surface area contributed by atoms with E-state index in [1.807, 2.05) is 0 Å². The van der Waals surface area contributed by atoms with E-state index in [1.165, 1.54) is 17.3 Å². The van der Waals surface area contributed by atoms with Gasteiger partial charge in [0, 0.05) is 6.07 Å². The van der Waals surface area contributed by atoms with Crippen LogP contribution in [-0.4, -0.2) is 24.5 Å². The highest BCUT2D eigenvalue weighted by Gasteiger charge is 2.35. The van der Waals surface area contributed by atoms with Gasteiger partial charge >= 0.3 is 6.18 Å². The zero-order valence-corrected chi connectivity index (χ0v) is 13.3. The highest BCUT2D eigenvalue weighted by atomic mass is 19.4. The number of furan rings is 1. The van der Waals surface area contributed by atoms with Gasteiger partial charge in [-0.15, -0.1) is 0 Å². The lowest BCUT2D eigenvalue weighted by molar-refractivity contribution is -0.141. The lowest BCUT2D eigenvalue weighted by Gasteiger charge is -2.07. The third-order valence-electron chi connectivity index (χ3n) is 3.77. The first-order valence-corrected chi connectivity index (χ1v) is 7.63. The summed E-state index contributed by atoms with van der Waals surface area (Å²) in [7, 11) is 0. The number of hydrogen-bond acceptors (Lipinski definition) is 4. The third kappa shape index (κ3) is 3.10. The average Bonchev–Trinajstić information content (AvgIpc) is 3.36. The summed E-state index contributed by atoms with van der Waals surface area (Å²) in [6.45, 7) is 0.512. The molecule has 4 aromatic rings. The fraction of sp³-hybridized carbons (Fsp3) is 0.118. The van der Waals surface area contributed by atoms with Gasteiger partial charge in [-0.25, -0.2) is 14.3 Å². The Balaban J connectivity index is 1.71. The number of aromatic nitrogens is 5. The monoisotopic (exact) mass is 359 g/mol. The molecular weight excluding hydrogens is 347 g/mol. The molecule has 0 atom stereocenters. The van der Waals surface area contributed by atoms with Crippen LogP contribution in [0, 0.1) is 0 Å². The molecule has 0 aliphatic carbocycles. The fourth-order valence-corrected chi connectivity index (χ4v) is 2.56. The molecule has 6 nitrogen and oxygen atoms in total. The van der Waals surface area contributed by atoms with Crippen LogP contribution in [0.5, 0.6) is 0 Å². The Bertz CT molecular complexity index is 986. The van der Waals surface area contributed by atoms with Crippen molar-refractivity contribution in [2.45, 2.75) is 12.7 Å². The van der Waals surface area contributed by atoms with Crippen LogP contribution in [0.2, 0.25) is 0 Å². The van der Waals surface area contributed by atoms with Gasteiger partial charge in [-0.3, -0.25) is 0 Å². The second-order valence-corrected chi connectivity index (χ2v) is 5.56. The van der Waals surface area contributed by atoms with Crippen LogP contribution in [0.4, 0.5) is 13.2 Å². The SMILES string of the molecule is FC(F)(F)c1cc(-c2ccco2)n(-c2ccc(Cn3cncn3)cc2)n1. The summed E-state index contributed by atoms with van der Waals surface area (Å²) in [5.74, 6) is 0.305. The van der Waals surface area contributed by atoms with Crippen LogP contribution in [-0.2, 0) is 12.7 Å². The predicted octanol–water partition coefficient (Wildman–Crippen LogP) is 3.79. The second-order valence-electron chi connectivity index (χ2n) is 5.56. The molecule has 0 N–H and O–H groups in total. The van der Waals surface area contributed by atoms with Gasteiger partial charge in [-0.1, -0.05) is 12.1 Å². The molecule has 0 radical (unpaired) electrons. The maximum Gasteiger partial charge on any atom is 0.435 e. The fourth-order valence-electron chi connectivity index (χ4n) is 2.56. The van der Waals surface area contributed by atoms with Gasteiger partial charge in [0.05, 0.1) is 18.5 Å². The number of rotatable bonds is 4. The Morgan fingerprint density at radius 1 is 1.08 bits per heavy atom. The maximum absolute atomic E-state index is 13.1. The molecular formula is C17H12F3N5O. The molecule has 0 amide bonds. The van der Waals surface area contributed by atoms with Crippen molar-refractivity contribution in [3.05, 3.63) is 72.6 Å². The highest BCUT2D eigenvalue weighted by molar-refractivity contribution is 5.57. The molecule has 1 aromatic carbocycles. The van der Waals surface area contributed by atoms with Crippen molar-refractivity contribution in [1.29, 1.82) is 0 Å². The molecule has 4 rings (SSSR count). The largest absolute Gasteiger partial charge is 0.463 e. The Hall–Kier alpha value is -3.36. The Kier molecular flexibility index (Phi) is 3.83. The predicted molar refractivity (Wildman–Crippen MR) is 85.4 cm³/mol. The van der Waals surface area contributed by atoms with Gasteiger partial charge in [0.1, 0.15) is 18.3 Å². The van der Waals surface area contributed by atoms with Crippen LogP contribution >= 0.6 is 0 Å². The molecule has 0 saturated heterocycles. The number of benzene rings is 1. The molecule has 0 spiro atoms. The first-order valence-electron chi connectivity index (χ1n) is 7.63. The molecule has 3 aromatic heterocycles. The van der Waals surface area contributed by atoms with E-state index in [2.05, 4.69) is 15.2 Å². The van der Waals surface area contributed by atoms with Crippen LogP contribution in [0.3, 0.4) is 0 Å². The highest BCUT2D eigenvalue weighted by Crippen LogP contribution is 2.33. The average molecular weight is 359 g/mol. The second kappa shape index (κ2) is 6.17. The van der Waals surface area contributed by atoms with E-state index in [4.69, 9.17) is 4.42 Å². The minimum Gasteiger partial charge on any atom is -0.463 e. The Labute approximate surface area is 145 Å². The van der Waals surface area contributed by atoms with Crippen molar-refractivity contribution < 1.29 is 17.6 Å². The van der Waals surface area contributed by atoms with Crippen molar-refractivity contribution >= 4 is 0 Å². The molecule has 0 aliphatic rings. The number of halogens is 3. The van der Waals surface area contributed by atoms with Crippen molar-refractivity contribution in [1.82, 2.24) is 24.5 Å². The van der Waals surface area contributed by atoms with Crippen LogP contribution in [0.15, 0.2) is 65.8 Å². The summed E-state index contributed by atoms with van der Waals surface area (Å²) >= 11 is 0. The van der Waals surface area contributed by atoms with Gasteiger partial charge < -0.3 is 4.42 Å². The van der Waals surface area contributed by atoms with Crippen LogP contribution in [0.25, 0.3) is 17.1 Å². The lowest BCUT2D eigenvalue weighted by Crippen LogP contribution is -2.07. The van der Waals surface area contributed by atoms with Crippen LogP contribution < -0.4 is 0 Å². The van der Waals surface area contributed by atoms with Crippen LogP contribution in [0.1, 0.15) is 11.3 Å². The lowest BCUT2D eigenvalue weighted by atomic mass is 10.2. The normalized spacial score (nSPS) is 11.8. The zero-order chi connectivity index (χ0) is 18.1. The van der Waals surface area contributed by atoms with Crippen molar-refractivity contribution in [3.63, 3.8) is 0 Å². The number of alkyl halides is 3. The molecule has 132 valence electrons. The standard InChI is InChI=1S/C17H12F3N5O/c18-17(19,20)16-8-14(15-2-1-7-26-15)25(23-16)13-5-3-12(4-6-13)9-24-11-21-10-22-24/h1-8,10-11H,9H2. The minimum absolute atomic E-state index is 0.228. The summed E-state index contributed by atoms with van der Waals surface area (Å²) in [6, 6.07) is 11.2. The molecule has 0 fully saturated rings. The van der Waals surface area contributed by atoms with E-state index < -0.39 is 11.9 Å². The van der Waals surface area contributed by atoms with Crippen molar-refractivity contribution in [2.24, 2.45) is 0 Å². The van der Waals surface area contributed by atoms with Gasteiger partial charge in [-0.05, 0) is 29.8 Å². The zero-order valence-electron chi connectivity index (χ0n) is 13.3. The summed E-state index contributed by atoms with van der Waals surface area (Å²) < 4.78 is 47.4. The van der Waals surface area contributed by atoms with E-state index in [0.29, 0.717) is 18.0 Å². The van der Waals surface area contributed by atoms with E-state index in [0.717, 1.165) is 11.6 Å². The molecule has 9 heteroatoms. The summed E-state index contributed by atoms with van der Waals surface area (Å²) in [6.07, 6.45) is -0.112. The third-order valence-corrected chi connectivity index (χ3v) is 3.77. The van der Waals surface area contributed by atoms with E-state index >= 15 is 0 Å². The summed E-state index contributed by atoms with van der Waals surface area (Å²) in [5, 5.41) is 7.74. The molecule has 0 aliphatic heterocycles. The topological polar surface area (TPSA) is 61.7 Å². The molecule has 0 unspecified atom stereocenters. The van der Waals surface area contributed by atoms with E-state index in [1.54, 1.807) is 47.4 Å².